The van der Waals surface area contributed by atoms with Gasteiger partial charge in [0.15, 0.2) is 0 Å². The van der Waals surface area contributed by atoms with Crippen LogP contribution in [-0.2, 0) is 9.59 Å². The molecule has 18 heavy (non-hydrogen) atoms. The second kappa shape index (κ2) is 6.73. The molecule has 0 bridgehead atoms. The van der Waals surface area contributed by atoms with Crippen molar-refractivity contribution in [2.24, 2.45) is 10.8 Å². The first kappa shape index (κ1) is 16.9. The summed E-state index contributed by atoms with van der Waals surface area (Å²) in [5, 5.41) is 14.5. The molecular weight excluding hydrogens is 232 g/mol. The van der Waals surface area contributed by atoms with Gasteiger partial charge in [-0.25, -0.2) is 0 Å². The SMILES string of the molecule is CC(C)(CO)CNC(=O)CCNC(=O)C(C)(C)C. The van der Waals surface area contributed by atoms with Crippen LogP contribution in [0.15, 0.2) is 0 Å². The number of rotatable bonds is 6. The van der Waals surface area contributed by atoms with Gasteiger partial charge < -0.3 is 15.7 Å². The molecule has 0 aliphatic rings. The quantitative estimate of drug-likeness (QED) is 0.655. The van der Waals surface area contributed by atoms with Crippen LogP contribution in [0.5, 0.6) is 0 Å². The molecule has 0 aromatic rings. The third-order valence-corrected chi connectivity index (χ3v) is 2.51. The number of carbonyl (C=O) groups is 2. The molecule has 0 rings (SSSR count). The van der Waals surface area contributed by atoms with Gasteiger partial charge in [-0.1, -0.05) is 34.6 Å². The average molecular weight is 258 g/mol. The summed E-state index contributed by atoms with van der Waals surface area (Å²) in [5.74, 6) is -0.184. The highest BCUT2D eigenvalue weighted by atomic mass is 16.3. The van der Waals surface area contributed by atoms with Crippen molar-refractivity contribution in [2.75, 3.05) is 19.7 Å². The maximum absolute atomic E-state index is 11.5. The van der Waals surface area contributed by atoms with Gasteiger partial charge in [0.05, 0.1) is 0 Å². The number of carbonyl (C=O) groups excluding carboxylic acids is 2. The van der Waals surface area contributed by atoms with Crippen LogP contribution in [0, 0.1) is 10.8 Å². The molecule has 0 aromatic heterocycles. The Morgan fingerprint density at radius 1 is 1.06 bits per heavy atom. The lowest BCUT2D eigenvalue weighted by Crippen LogP contribution is -2.39. The zero-order chi connectivity index (χ0) is 14.4. The lowest BCUT2D eigenvalue weighted by molar-refractivity contribution is -0.128. The molecule has 0 saturated carbocycles. The molecule has 0 aromatic carbocycles. The van der Waals surface area contributed by atoms with Gasteiger partial charge in [-0.05, 0) is 0 Å². The summed E-state index contributed by atoms with van der Waals surface area (Å²) in [6, 6.07) is 0. The highest BCUT2D eigenvalue weighted by Gasteiger charge is 2.21. The summed E-state index contributed by atoms with van der Waals surface area (Å²) in [6.45, 7) is 10.00. The van der Waals surface area contributed by atoms with Gasteiger partial charge >= 0.3 is 0 Å². The summed E-state index contributed by atoms with van der Waals surface area (Å²) in [7, 11) is 0. The van der Waals surface area contributed by atoms with E-state index in [4.69, 9.17) is 5.11 Å². The van der Waals surface area contributed by atoms with Crippen LogP contribution in [0.2, 0.25) is 0 Å². The van der Waals surface area contributed by atoms with Gasteiger partial charge in [0.25, 0.3) is 0 Å². The van der Waals surface area contributed by atoms with Crippen LogP contribution in [0.3, 0.4) is 0 Å². The van der Waals surface area contributed by atoms with Crippen molar-refractivity contribution >= 4 is 11.8 Å². The second-order valence-electron chi connectivity index (χ2n) is 6.35. The Morgan fingerprint density at radius 3 is 2.06 bits per heavy atom. The zero-order valence-electron chi connectivity index (χ0n) is 12.1. The molecule has 3 N–H and O–H groups in total. The van der Waals surface area contributed by atoms with Crippen LogP contribution in [0.25, 0.3) is 0 Å². The maximum atomic E-state index is 11.5. The van der Waals surface area contributed by atoms with Crippen LogP contribution in [0.4, 0.5) is 0 Å². The fourth-order valence-corrected chi connectivity index (χ4v) is 1.04. The first-order valence-corrected chi connectivity index (χ1v) is 6.24. The normalized spacial score (nSPS) is 12.1. The number of nitrogens with one attached hydrogen (secondary N) is 2. The molecule has 0 fully saturated rings. The number of hydrogen-bond donors (Lipinski definition) is 3. The van der Waals surface area contributed by atoms with Crippen LogP contribution < -0.4 is 10.6 Å². The first-order chi connectivity index (χ1) is 8.08. The topological polar surface area (TPSA) is 78.4 Å². The number of amides is 2. The molecule has 0 unspecified atom stereocenters. The summed E-state index contributed by atoms with van der Waals surface area (Å²) in [5.41, 5.74) is -0.750. The minimum atomic E-state index is -0.435. The van der Waals surface area contributed by atoms with E-state index >= 15 is 0 Å². The Morgan fingerprint density at radius 2 is 1.61 bits per heavy atom. The number of hydrogen-bond acceptors (Lipinski definition) is 3. The Labute approximate surface area is 109 Å². The van der Waals surface area contributed by atoms with E-state index in [9.17, 15) is 9.59 Å². The average Bonchev–Trinajstić information content (AvgIpc) is 2.25. The van der Waals surface area contributed by atoms with E-state index in [1.54, 1.807) is 0 Å². The molecular formula is C13H26N2O3. The van der Waals surface area contributed by atoms with Gasteiger partial charge in [-0.2, -0.15) is 0 Å². The molecule has 0 spiro atoms. The van der Waals surface area contributed by atoms with E-state index in [0.717, 1.165) is 0 Å². The lowest BCUT2D eigenvalue weighted by atomic mass is 9.95. The highest BCUT2D eigenvalue weighted by Crippen LogP contribution is 2.12. The van der Waals surface area contributed by atoms with Crippen molar-refractivity contribution in [1.29, 1.82) is 0 Å². The van der Waals surface area contributed by atoms with Crippen molar-refractivity contribution in [2.45, 2.75) is 41.0 Å². The summed E-state index contributed by atoms with van der Waals surface area (Å²) < 4.78 is 0. The monoisotopic (exact) mass is 258 g/mol. The first-order valence-electron chi connectivity index (χ1n) is 6.24. The van der Waals surface area contributed by atoms with Crippen molar-refractivity contribution in [3.8, 4) is 0 Å². The largest absolute Gasteiger partial charge is 0.396 e. The highest BCUT2D eigenvalue weighted by molar-refractivity contribution is 5.82. The molecule has 0 aliphatic carbocycles. The standard InChI is InChI=1S/C13H26N2O3/c1-12(2,3)11(18)14-7-6-10(17)15-8-13(4,5)9-16/h16H,6-9H2,1-5H3,(H,14,18)(H,15,17). The van der Waals surface area contributed by atoms with E-state index in [-0.39, 0.29) is 30.3 Å². The van der Waals surface area contributed by atoms with Gasteiger partial charge in [0, 0.05) is 36.9 Å². The van der Waals surface area contributed by atoms with Crippen LogP contribution >= 0.6 is 0 Å². The predicted octanol–water partition coefficient (Wildman–Crippen LogP) is 0.673. The van der Waals surface area contributed by atoms with Crippen molar-refractivity contribution in [3.05, 3.63) is 0 Å². The molecule has 106 valence electrons. The third kappa shape index (κ3) is 7.27. The van der Waals surface area contributed by atoms with E-state index in [2.05, 4.69) is 10.6 Å². The fraction of sp³-hybridized carbons (Fsp3) is 0.846. The summed E-state index contributed by atoms with van der Waals surface area (Å²) in [6.07, 6.45) is 0.253. The Balaban J connectivity index is 3.83. The molecule has 0 heterocycles. The van der Waals surface area contributed by atoms with Gasteiger partial charge in [-0.15, -0.1) is 0 Å². The van der Waals surface area contributed by atoms with Crippen LogP contribution in [0.1, 0.15) is 41.0 Å². The van der Waals surface area contributed by atoms with Gasteiger partial charge in [-0.3, -0.25) is 9.59 Å². The van der Waals surface area contributed by atoms with E-state index in [1.807, 2.05) is 34.6 Å². The predicted molar refractivity (Wildman–Crippen MR) is 71.0 cm³/mol. The molecule has 2 amide bonds. The molecule has 5 nitrogen and oxygen atoms in total. The van der Waals surface area contributed by atoms with Gasteiger partial charge in [0.1, 0.15) is 0 Å². The smallest absolute Gasteiger partial charge is 0.225 e. The summed E-state index contributed by atoms with van der Waals surface area (Å²) >= 11 is 0. The molecule has 0 atom stereocenters. The summed E-state index contributed by atoms with van der Waals surface area (Å²) in [4.78, 5) is 23.0. The minimum Gasteiger partial charge on any atom is -0.396 e. The van der Waals surface area contributed by atoms with Crippen molar-refractivity contribution < 1.29 is 14.7 Å². The number of aliphatic hydroxyl groups is 1. The third-order valence-electron chi connectivity index (χ3n) is 2.51. The van der Waals surface area contributed by atoms with E-state index in [0.29, 0.717) is 13.1 Å². The zero-order valence-corrected chi connectivity index (χ0v) is 12.1. The molecule has 0 aliphatic heterocycles. The molecule has 5 heteroatoms. The van der Waals surface area contributed by atoms with Crippen LogP contribution in [-0.4, -0.2) is 36.6 Å². The Kier molecular flexibility index (Phi) is 6.32. The second-order valence-corrected chi connectivity index (χ2v) is 6.35. The van der Waals surface area contributed by atoms with Crippen molar-refractivity contribution in [3.63, 3.8) is 0 Å². The van der Waals surface area contributed by atoms with Gasteiger partial charge in [0.2, 0.25) is 11.8 Å². The lowest BCUT2D eigenvalue weighted by Gasteiger charge is -2.22. The minimum absolute atomic E-state index is 0.0219. The van der Waals surface area contributed by atoms with E-state index < -0.39 is 5.41 Å². The number of aliphatic hydroxyl groups excluding tert-OH is 1. The van der Waals surface area contributed by atoms with E-state index in [1.165, 1.54) is 0 Å². The fourth-order valence-electron chi connectivity index (χ4n) is 1.04. The molecule has 0 radical (unpaired) electrons. The molecule has 0 saturated heterocycles. The Hall–Kier alpha value is -1.10. The van der Waals surface area contributed by atoms with Crippen molar-refractivity contribution in [1.82, 2.24) is 10.6 Å². The Bertz CT molecular complexity index is 293. The maximum Gasteiger partial charge on any atom is 0.225 e.